The number of halogens is 1. The number of hydrogen-bond acceptors (Lipinski definition) is 2. The summed E-state index contributed by atoms with van der Waals surface area (Å²) in [6, 6.07) is 7.38. The average molecular weight is 276 g/mol. The van der Waals surface area contributed by atoms with Gasteiger partial charge in [0.2, 0.25) is 0 Å². The highest BCUT2D eigenvalue weighted by Crippen LogP contribution is 2.34. The van der Waals surface area contributed by atoms with Crippen LogP contribution in [0.15, 0.2) is 24.3 Å². The summed E-state index contributed by atoms with van der Waals surface area (Å²) >= 11 is 0. The second kappa shape index (κ2) is 5.82. The van der Waals surface area contributed by atoms with Gasteiger partial charge in [0.25, 0.3) is 0 Å². The summed E-state index contributed by atoms with van der Waals surface area (Å²) in [4.78, 5) is 2.58. The van der Waals surface area contributed by atoms with Crippen molar-refractivity contribution in [3.05, 3.63) is 35.6 Å². The third-order valence-corrected chi connectivity index (χ3v) is 5.09. The maximum Gasteiger partial charge on any atom is 0.123 e. The van der Waals surface area contributed by atoms with Crippen LogP contribution in [0, 0.1) is 5.82 Å². The van der Waals surface area contributed by atoms with Crippen molar-refractivity contribution in [1.29, 1.82) is 0 Å². The smallest absolute Gasteiger partial charge is 0.123 e. The normalized spacial score (nSPS) is 24.7. The fraction of sp³-hybridized carbons (Fsp3) is 0.647. The van der Waals surface area contributed by atoms with E-state index in [1.807, 2.05) is 12.1 Å². The van der Waals surface area contributed by atoms with Gasteiger partial charge in [-0.15, -0.1) is 0 Å². The van der Waals surface area contributed by atoms with Crippen LogP contribution in [0.4, 0.5) is 4.39 Å². The lowest BCUT2D eigenvalue weighted by molar-refractivity contribution is 0.166. The van der Waals surface area contributed by atoms with Crippen LogP contribution < -0.4 is 5.32 Å². The quantitative estimate of drug-likeness (QED) is 0.889. The van der Waals surface area contributed by atoms with Gasteiger partial charge in [0.05, 0.1) is 0 Å². The molecule has 3 heteroatoms. The molecule has 2 fully saturated rings. The highest BCUT2D eigenvalue weighted by molar-refractivity contribution is 5.20. The Labute approximate surface area is 121 Å². The van der Waals surface area contributed by atoms with E-state index < -0.39 is 0 Å². The lowest BCUT2D eigenvalue weighted by Gasteiger charge is -2.36. The van der Waals surface area contributed by atoms with Gasteiger partial charge in [0.15, 0.2) is 0 Å². The van der Waals surface area contributed by atoms with Crippen LogP contribution in [0.3, 0.4) is 0 Å². The SMILES string of the molecule is CC(c1ccc(F)cc1)N1CCCNC2(CCCC2)C1. The van der Waals surface area contributed by atoms with Crippen molar-refractivity contribution in [2.75, 3.05) is 19.6 Å². The van der Waals surface area contributed by atoms with Gasteiger partial charge in [-0.05, 0) is 50.4 Å². The van der Waals surface area contributed by atoms with Crippen LogP contribution in [0.1, 0.15) is 50.6 Å². The zero-order valence-corrected chi connectivity index (χ0v) is 12.4. The largest absolute Gasteiger partial charge is 0.310 e. The molecule has 1 atom stereocenters. The van der Waals surface area contributed by atoms with Crippen LogP contribution >= 0.6 is 0 Å². The Morgan fingerprint density at radius 3 is 2.55 bits per heavy atom. The molecule has 1 N–H and O–H groups in total. The van der Waals surface area contributed by atoms with E-state index in [-0.39, 0.29) is 5.82 Å². The summed E-state index contributed by atoms with van der Waals surface area (Å²) in [5, 5.41) is 3.80. The number of rotatable bonds is 2. The molecule has 1 aromatic rings. The number of hydrogen-bond donors (Lipinski definition) is 1. The van der Waals surface area contributed by atoms with Gasteiger partial charge in [-0.2, -0.15) is 0 Å². The van der Waals surface area contributed by atoms with Crippen molar-refractivity contribution in [1.82, 2.24) is 10.2 Å². The Morgan fingerprint density at radius 1 is 1.15 bits per heavy atom. The minimum Gasteiger partial charge on any atom is -0.310 e. The monoisotopic (exact) mass is 276 g/mol. The Bertz CT molecular complexity index is 437. The molecule has 0 aromatic heterocycles. The Hall–Kier alpha value is -0.930. The molecule has 2 aliphatic rings. The van der Waals surface area contributed by atoms with E-state index in [2.05, 4.69) is 17.1 Å². The van der Waals surface area contributed by atoms with Gasteiger partial charge in [-0.3, -0.25) is 4.90 Å². The molecule has 1 spiro atoms. The van der Waals surface area contributed by atoms with Crippen LogP contribution in [-0.2, 0) is 0 Å². The maximum atomic E-state index is 13.1. The number of nitrogens with one attached hydrogen (secondary N) is 1. The molecule has 1 aromatic carbocycles. The fourth-order valence-electron chi connectivity index (χ4n) is 3.83. The minimum atomic E-state index is -0.147. The van der Waals surface area contributed by atoms with Gasteiger partial charge >= 0.3 is 0 Å². The summed E-state index contributed by atoms with van der Waals surface area (Å²) in [6.45, 7) is 5.65. The second-order valence-electron chi connectivity index (χ2n) is 6.47. The lowest BCUT2D eigenvalue weighted by atomic mass is 9.95. The zero-order chi connectivity index (χ0) is 14.0. The fourth-order valence-corrected chi connectivity index (χ4v) is 3.83. The van der Waals surface area contributed by atoms with E-state index in [4.69, 9.17) is 0 Å². The molecule has 0 radical (unpaired) electrons. The van der Waals surface area contributed by atoms with Crippen molar-refractivity contribution >= 4 is 0 Å². The van der Waals surface area contributed by atoms with Crippen LogP contribution in [-0.4, -0.2) is 30.1 Å². The molecule has 110 valence electrons. The van der Waals surface area contributed by atoms with Crippen molar-refractivity contribution < 1.29 is 4.39 Å². The molecule has 1 aliphatic carbocycles. The third kappa shape index (κ3) is 2.89. The van der Waals surface area contributed by atoms with Gasteiger partial charge in [0, 0.05) is 24.7 Å². The first-order valence-electron chi connectivity index (χ1n) is 7.93. The molecule has 20 heavy (non-hydrogen) atoms. The average Bonchev–Trinajstić information content (AvgIpc) is 2.80. The first-order chi connectivity index (χ1) is 9.69. The summed E-state index contributed by atoms with van der Waals surface area (Å²) in [6.07, 6.45) is 6.52. The molecule has 1 heterocycles. The predicted octanol–water partition coefficient (Wildman–Crippen LogP) is 3.49. The van der Waals surface area contributed by atoms with Crippen LogP contribution in [0.5, 0.6) is 0 Å². The van der Waals surface area contributed by atoms with Gasteiger partial charge in [-0.25, -0.2) is 4.39 Å². The van der Waals surface area contributed by atoms with Crippen molar-refractivity contribution in [3.63, 3.8) is 0 Å². The van der Waals surface area contributed by atoms with Gasteiger partial charge < -0.3 is 5.32 Å². The van der Waals surface area contributed by atoms with Crippen LogP contribution in [0.25, 0.3) is 0 Å². The molecule has 1 aliphatic heterocycles. The summed E-state index contributed by atoms with van der Waals surface area (Å²) < 4.78 is 13.1. The molecule has 1 saturated heterocycles. The molecule has 3 rings (SSSR count). The summed E-state index contributed by atoms with van der Waals surface area (Å²) in [7, 11) is 0. The van der Waals surface area contributed by atoms with E-state index in [0.717, 1.165) is 19.6 Å². The predicted molar refractivity (Wildman–Crippen MR) is 80.2 cm³/mol. The van der Waals surface area contributed by atoms with E-state index in [1.165, 1.54) is 37.7 Å². The first-order valence-corrected chi connectivity index (χ1v) is 7.93. The Balaban J connectivity index is 1.75. The highest BCUT2D eigenvalue weighted by Gasteiger charge is 2.37. The standard InChI is InChI=1S/C17H25FN2/c1-14(15-5-7-16(18)8-6-15)20-12-4-11-19-17(13-20)9-2-3-10-17/h5-8,14,19H,2-4,9-13H2,1H3. The second-order valence-corrected chi connectivity index (χ2v) is 6.47. The van der Waals surface area contributed by atoms with E-state index in [9.17, 15) is 4.39 Å². The van der Waals surface area contributed by atoms with E-state index >= 15 is 0 Å². The molecular weight excluding hydrogens is 251 g/mol. The molecule has 0 bridgehead atoms. The van der Waals surface area contributed by atoms with Crippen molar-refractivity contribution in [3.8, 4) is 0 Å². The molecule has 0 amide bonds. The summed E-state index contributed by atoms with van der Waals surface area (Å²) in [5.41, 5.74) is 1.56. The molecule has 1 saturated carbocycles. The zero-order valence-electron chi connectivity index (χ0n) is 12.4. The van der Waals surface area contributed by atoms with E-state index in [0.29, 0.717) is 11.6 Å². The third-order valence-electron chi connectivity index (χ3n) is 5.09. The minimum absolute atomic E-state index is 0.147. The highest BCUT2D eigenvalue weighted by atomic mass is 19.1. The number of nitrogens with zero attached hydrogens (tertiary/aromatic N) is 1. The van der Waals surface area contributed by atoms with Crippen molar-refractivity contribution in [2.45, 2.75) is 50.6 Å². The van der Waals surface area contributed by atoms with E-state index in [1.54, 1.807) is 12.1 Å². The molecular formula is C17H25FN2. The Kier molecular flexibility index (Phi) is 4.08. The van der Waals surface area contributed by atoms with Gasteiger partial charge in [-0.1, -0.05) is 25.0 Å². The van der Waals surface area contributed by atoms with Gasteiger partial charge in [0.1, 0.15) is 5.82 Å². The molecule has 1 unspecified atom stereocenters. The maximum absolute atomic E-state index is 13.1. The lowest BCUT2D eigenvalue weighted by Crippen LogP contribution is -2.49. The van der Waals surface area contributed by atoms with Crippen molar-refractivity contribution in [2.24, 2.45) is 0 Å². The first kappa shape index (κ1) is 14.0. The van der Waals surface area contributed by atoms with Crippen LogP contribution in [0.2, 0.25) is 0 Å². The number of benzene rings is 1. The summed E-state index contributed by atoms with van der Waals surface area (Å²) in [5.74, 6) is -0.147. The molecule has 2 nitrogen and oxygen atoms in total. The Morgan fingerprint density at radius 2 is 1.85 bits per heavy atom. The topological polar surface area (TPSA) is 15.3 Å².